The molecule has 0 aromatic heterocycles. The van der Waals surface area contributed by atoms with Gasteiger partial charge in [-0.3, -0.25) is 0 Å². The maximum atomic E-state index is 13.1. The molecule has 2 rings (SSSR count). The van der Waals surface area contributed by atoms with E-state index in [0.717, 1.165) is 11.0 Å². The number of rotatable bonds is 2. The fourth-order valence-corrected chi connectivity index (χ4v) is 2.19. The summed E-state index contributed by atoms with van der Waals surface area (Å²) in [6, 6.07) is 2.21. The Labute approximate surface area is 114 Å². The lowest BCUT2D eigenvalue weighted by molar-refractivity contribution is -0.141. The van der Waals surface area contributed by atoms with E-state index in [9.17, 15) is 19.1 Å². The van der Waals surface area contributed by atoms with Crippen LogP contribution in [0.5, 0.6) is 0 Å². The second-order valence-corrected chi connectivity index (χ2v) is 4.79. The predicted molar refractivity (Wildman–Crippen MR) is 68.9 cm³/mol. The van der Waals surface area contributed by atoms with Crippen molar-refractivity contribution in [1.29, 1.82) is 0 Å². The van der Waals surface area contributed by atoms with E-state index in [-0.39, 0.29) is 18.7 Å². The summed E-state index contributed by atoms with van der Waals surface area (Å²) in [5.41, 5.74) is 0.937. The maximum absolute atomic E-state index is 13.1. The number of aliphatic hydroxyl groups is 1. The third-order valence-corrected chi connectivity index (χ3v) is 3.27. The molecule has 0 saturated carbocycles. The number of carbonyl (C=O) groups excluding carboxylic acids is 1. The molecule has 0 radical (unpaired) electrons. The number of aryl methyl sites for hydroxylation is 1. The van der Waals surface area contributed by atoms with Crippen LogP contribution in [-0.2, 0) is 4.79 Å². The Morgan fingerprint density at radius 3 is 2.80 bits per heavy atom. The number of likely N-dealkylation sites (tertiary alicyclic amines) is 1. The number of carboxylic acid groups (broad SMARTS) is 1. The summed E-state index contributed by atoms with van der Waals surface area (Å²) in [5, 5.41) is 21.0. The van der Waals surface area contributed by atoms with E-state index in [0.29, 0.717) is 5.56 Å². The molecule has 7 heteroatoms. The van der Waals surface area contributed by atoms with Crippen LogP contribution in [0.4, 0.5) is 14.9 Å². The first-order valence-corrected chi connectivity index (χ1v) is 6.13. The number of hydrogen-bond acceptors (Lipinski definition) is 3. The zero-order valence-electron chi connectivity index (χ0n) is 10.8. The molecule has 0 spiro atoms. The fourth-order valence-electron chi connectivity index (χ4n) is 2.19. The minimum atomic E-state index is -1.17. The van der Waals surface area contributed by atoms with Gasteiger partial charge in [-0.2, -0.15) is 0 Å². The van der Waals surface area contributed by atoms with Crippen LogP contribution in [0.25, 0.3) is 0 Å². The molecule has 1 heterocycles. The first kappa shape index (κ1) is 14.3. The van der Waals surface area contributed by atoms with E-state index < -0.39 is 30.0 Å². The van der Waals surface area contributed by atoms with Crippen molar-refractivity contribution in [3.8, 4) is 0 Å². The van der Waals surface area contributed by atoms with Gasteiger partial charge in [0.25, 0.3) is 0 Å². The summed E-state index contributed by atoms with van der Waals surface area (Å²) in [4.78, 5) is 24.1. The molecule has 0 aliphatic carbocycles. The number of anilines is 1. The van der Waals surface area contributed by atoms with Crippen molar-refractivity contribution < 1.29 is 24.2 Å². The minimum Gasteiger partial charge on any atom is -0.480 e. The number of halogens is 1. The Bertz CT molecular complexity index is 549. The molecular formula is C13H15FN2O4. The highest BCUT2D eigenvalue weighted by Gasteiger charge is 2.39. The van der Waals surface area contributed by atoms with Crippen molar-refractivity contribution in [3.63, 3.8) is 0 Å². The van der Waals surface area contributed by atoms with Crippen LogP contribution in [0.1, 0.15) is 12.0 Å². The second kappa shape index (κ2) is 5.46. The van der Waals surface area contributed by atoms with E-state index in [1.807, 2.05) is 0 Å². The van der Waals surface area contributed by atoms with Gasteiger partial charge in [-0.1, -0.05) is 6.07 Å². The number of carboxylic acids is 1. The third-order valence-electron chi connectivity index (χ3n) is 3.27. The molecule has 3 N–H and O–H groups in total. The van der Waals surface area contributed by atoms with Gasteiger partial charge in [-0.25, -0.2) is 14.0 Å². The van der Waals surface area contributed by atoms with Crippen LogP contribution in [0, 0.1) is 12.7 Å². The van der Waals surface area contributed by atoms with Crippen molar-refractivity contribution in [2.75, 3.05) is 11.9 Å². The van der Waals surface area contributed by atoms with Crippen LogP contribution in [0.15, 0.2) is 18.2 Å². The molecule has 108 valence electrons. The number of β-amino-alcohol motifs (C(OH)–C–C–N with tert-alkyl or cyclic N) is 1. The Morgan fingerprint density at radius 2 is 2.15 bits per heavy atom. The fraction of sp³-hybridized carbons (Fsp3) is 0.385. The zero-order chi connectivity index (χ0) is 14.9. The molecule has 6 nitrogen and oxygen atoms in total. The van der Waals surface area contributed by atoms with Gasteiger partial charge in [0.15, 0.2) is 0 Å². The van der Waals surface area contributed by atoms with Gasteiger partial charge >= 0.3 is 12.0 Å². The van der Waals surface area contributed by atoms with E-state index in [1.54, 1.807) is 6.92 Å². The van der Waals surface area contributed by atoms with Crippen molar-refractivity contribution >= 4 is 17.7 Å². The summed E-state index contributed by atoms with van der Waals surface area (Å²) < 4.78 is 13.1. The Balaban J connectivity index is 2.15. The van der Waals surface area contributed by atoms with Crippen LogP contribution in [0.2, 0.25) is 0 Å². The Kier molecular flexibility index (Phi) is 3.89. The lowest BCUT2D eigenvalue weighted by Gasteiger charge is -2.22. The van der Waals surface area contributed by atoms with Crippen molar-refractivity contribution in [1.82, 2.24) is 4.90 Å². The van der Waals surface area contributed by atoms with Crippen LogP contribution in [0.3, 0.4) is 0 Å². The third kappa shape index (κ3) is 2.88. The van der Waals surface area contributed by atoms with Gasteiger partial charge in [0.1, 0.15) is 11.9 Å². The highest BCUT2D eigenvalue weighted by Crippen LogP contribution is 2.21. The molecule has 1 aromatic carbocycles. The monoisotopic (exact) mass is 282 g/mol. The van der Waals surface area contributed by atoms with Crippen molar-refractivity contribution in [3.05, 3.63) is 29.6 Å². The van der Waals surface area contributed by atoms with Crippen LogP contribution >= 0.6 is 0 Å². The summed E-state index contributed by atoms with van der Waals surface area (Å²) in [5.74, 6) is -1.67. The molecule has 1 fully saturated rings. The van der Waals surface area contributed by atoms with Gasteiger partial charge in [0.05, 0.1) is 6.10 Å². The smallest absolute Gasteiger partial charge is 0.326 e. The summed E-state index contributed by atoms with van der Waals surface area (Å²) in [6.07, 6.45) is -0.874. The van der Waals surface area contributed by atoms with E-state index >= 15 is 0 Å². The molecule has 1 aliphatic heterocycles. The average molecular weight is 282 g/mol. The summed E-state index contributed by atoms with van der Waals surface area (Å²) in [7, 11) is 0. The number of urea groups is 1. The lowest BCUT2D eigenvalue weighted by Crippen LogP contribution is -2.43. The van der Waals surface area contributed by atoms with Gasteiger partial charge < -0.3 is 20.4 Å². The molecular weight excluding hydrogens is 267 g/mol. The molecule has 2 amide bonds. The molecule has 20 heavy (non-hydrogen) atoms. The average Bonchev–Trinajstić information content (AvgIpc) is 2.76. The number of amides is 2. The van der Waals surface area contributed by atoms with Crippen LogP contribution < -0.4 is 5.32 Å². The maximum Gasteiger partial charge on any atom is 0.326 e. The highest BCUT2D eigenvalue weighted by atomic mass is 19.1. The Hall–Kier alpha value is -2.15. The van der Waals surface area contributed by atoms with Gasteiger partial charge in [-0.15, -0.1) is 0 Å². The van der Waals surface area contributed by atoms with Gasteiger partial charge in [-0.05, 0) is 24.6 Å². The largest absolute Gasteiger partial charge is 0.480 e. The van der Waals surface area contributed by atoms with Crippen molar-refractivity contribution in [2.45, 2.75) is 25.5 Å². The number of nitrogens with zero attached hydrogens (tertiary/aromatic N) is 1. The zero-order valence-corrected chi connectivity index (χ0v) is 10.8. The number of aliphatic carboxylic acids is 1. The van der Waals surface area contributed by atoms with Crippen molar-refractivity contribution in [2.24, 2.45) is 0 Å². The quantitative estimate of drug-likeness (QED) is 0.760. The minimum absolute atomic E-state index is 0.00904. The molecule has 0 bridgehead atoms. The first-order chi connectivity index (χ1) is 9.38. The van der Waals surface area contributed by atoms with Gasteiger partial charge in [0.2, 0.25) is 0 Å². The summed E-state index contributed by atoms with van der Waals surface area (Å²) >= 11 is 0. The number of carbonyl (C=O) groups is 2. The second-order valence-electron chi connectivity index (χ2n) is 4.79. The van der Waals surface area contributed by atoms with E-state index in [4.69, 9.17) is 5.11 Å². The molecule has 1 aromatic rings. The SMILES string of the molecule is Cc1ccc(F)cc1NC(=O)N1CC(O)C[C@H]1C(=O)O. The number of benzene rings is 1. The Morgan fingerprint density at radius 1 is 1.45 bits per heavy atom. The molecule has 1 unspecified atom stereocenters. The van der Waals surface area contributed by atoms with E-state index in [1.165, 1.54) is 12.1 Å². The number of nitrogens with one attached hydrogen (secondary N) is 1. The van der Waals surface area contributed by atoms with E-state index in [2.05, 4.69) is 5.32 Å². The molecule has 2 atom stereocenters. The highest BCUT2D eigenvalue weighted by molar-refractivity contribution is 5.93. The van der Waals surface area contributed by atoms with Crippen LogP contribution in [-0.4, -0.2) is 45.8 Å². The lowest BCUT2D eigenvalue weighted by atomic mass is 10.2. The number of aliphatic hydroxyl groups excluding tert-OH is 1. The normalized spacial score (nSPS) is 21.9. The first-order valence-electron chi connectivity index (χ1n) is 6.13. The standard InChI is InChI=1S/C13H15FN2O4/c1-7-2-3-8(14)4-10(7)15-13(20)16-6-9(17)5-11(16)12(18)19/h2-4,9,11,17H,5-6H2,1H3,(H,15,20)(H,18,19)/t9?,11-/m0/s1. The molecule has 1 aliphatic rings. The molecule has 1 saturated heterocycles. The topological polar surface area (TPSA) is 89.9 Å². The predicted octanol–water partition coefficient (Wildman–Crippen LogP) is 1.19. The number of hydrogen-bond donors (Lipinski definition) is 3. The van der Waals surface area contributed by atoms with Gasteiger partial charge in [0, 0.05) is 18.7 Å². The summed E-state index contributed by atoms with van der Waals surface area (Å²) in [6.45, 7) is 1.64.